The van der Waals surface area contributed by atoms with Crippen molar-refractivity contribution >= 4 is 34.8 Å². The van der Waals surface area contributed by atoms with Crippen LogP contribution in [0.15, 0.2) is 71.9 Å². The summed E-state index contributed by atoms with van der Waals surface area (Å²) < 4.78 is 14.3. The molecule has 0 aliphatic carbocycles. The molecule has 1 saturated heterocycles. The third-order valence-corrected chi connectivity index (χ3v) is 7.99. The van der Waals surface area contributed by atoms with E-state index >= 15 is 0 Å². The van der Waals surface area contributed by atoms with Crippen molar-refractivity contribution in [2.24, 2.45) is 0 Å². The molecule has 1 aliphatic heterocycles. The highest BCUT2D eigenvalue weighted by molar-refractivity contribution is 5.96. The van der Waals surface area contributed by atoms with E-state index in [4.69, 9.17) is 14.5 Å². The lowest BCUT2D eigenvalue weighted by Crippen LogP contribution is -2.44. The molecule has 4 aromatic rings. The zero-order valence-corrected chi connectivity index (χ0v) is 27.3. The molecule has 0 spiro atoms. The Bertz CT molecular complexity index is 1830. The van der Waals surface area contributed by atoms with Crippen LogP contribution >= 0.6 is 0 Å². The molecule has 1 fully saturated rings. The SMILES string of the molecule is COC(=O)NC(CC/C=C/C(=O)N(C)C)C(=O)Nc1cccn(Cc2nc3c(Cc4ccccc4)ncnc3n2C2CCCCO2)c1=O. The van der Waals surface area contributed by atoms with Gasteiger partial charge >= 0.3 is 6.09 Å². The number of carbonyl (C=O) groups is 3. The first-order valence-corrected chi connectivity index (χ1v) is 15.8. The highest BCUT2D eigenvalue weighted by Gasteiger charge is 2.26. The molecule has 0 radical (unpaired) electrons. The van der Waals surface area contributed by atoms with Crippen LogP contribution in [0, 0.1) is 0 Å². The van der Waals surface area contributed by atoms with Crippen LogP contribution in [0.3, 0.4) is 0 Å². The lowest BCUT2D eigenvalue weighted by molar-refractivity contribution is -0.123. The molecule has 1 aliphatic rings. The number of benzene rings is 1. The maximum Gasteiger partial charge on any atom is 0.407 e. The van der Waals surface area contributed by atoms with Gasteiger partial charge in [-0.15, -0.1) is 0 Å². The quantitative estimate of drug-likeness (QED) is 0.218. The van der Waals surface area contributed by atoms with Crippen molar-refractivity contribution in [1.29, 1.82) is 0 Å². The van der Waals surface area contributed by atoms with Gasteiger partial charge in [0, 0.05) is 33.3 Å². The number of rotatable bonds is 12. The first kappa shape index (κ1) is 34.0. The van der Waals surface area contributed by atoms with E-state index in [1.165, 1.54) is 35.0 Å². The van der Waals surface area contributed by atoms with Gasteiger partial charge in [-0.3, -0.25) is 19.0 Å². The third-order valence-electron chi connectivity index (χ3n) is 7.99. The maximum absolute atomic E-state index is 13.7. The second-order valence-corrected chi connectivity index (χ2v) is 11.6. The van der Waals surface area contributed by atoms with Gasteiger partial charge in [0.2, 0.25) is 11.8 Å². The van der Waals surface area contributed by atoms with Crippen LogP contribution in [0.1, 0.15) is 55.4 Å². The van der Waals surface area contributed by atoms with Gasteiger partial charge in [-0.05, 0) is 55.9 Å². The second kappa shape index (κ2) is 16.0. The Morgan fingerprint density at radius 2 is 1.94 bits per heavy atom. The summed E-state index contributed by atoms with van der Waals surface area (Å²) in [7, 11) is 4.45. The molecule has 0 bridgehead atoms. The summed E-state index contributed by atoms with van der Waals surface area (Å²) in [6.45, 7) is 0.688. The summed E-state index contributed by atoms with van der Waals surface area (Å²) in [5, 5.41) is 5.16. The smallest absolute Gasteiger partial charge is 0.407 e. The molecule has 2 atom stereocenters. The number of ether oxygens (including phenoxy) is 2. The summed E-state index contributed by atoms with van der Waals surface area (Å²) in [6, 6.07) is 12.1. The van der Waals surface area contributed by atoms with E-state index in [9.17, 15) is 19.2 Å². The Morgan fingerprint density at radius 1 is 1.12 bits per heavy atom. The molecule has 252 valence electrons. The van der Waals surface area contributed by atoms with Gasteiger partial charge in [0.15, 0.2) is 5.65 Å². The van der Waals surface area contributed by atoms with Gasteiger partial charge in [0.05, 0.1) is 19.3 Å². The van der Waals surface area contributed by atoms with Crippen molar-refractivity contribution in [1.82, 2.24) is 34.3 Å². The predicted octanol–water partition coefficient (Wildman–Crippen LogP) is 3.41. The standard InChI is InChI=1S/C34H40N8O6/c1-40(2)28(43)16-8-7-14-24(38-34(46)47-3)32(44)37-25-15-11-18-41(33(25)45)21-27-39-30-26(20-23-12-5-4-6-13-23)35-22-36-31(30)42(27)29-17-9-10-19-48-29/h4-6,8,11-13,15-16,18,22,24,29H,7,9-10,14,17,19-21H2,1-3H3,(H,37,44)(H,38,46)/b16-8+. The van der Waals surface area contributed by atoms with Crippen molar-refractivity contribution in [3.8, 4) is 0 Å². The highest BCUT2D eigenvalue weighted by Crippen LogP contribution is 2.29. The Hall–Kier alpha value is -5.37. The van der Waals surface area contributed by atoms with Crippen LogP contribution in [0.4, 0.5) is 10.5 Å². The molecule has 2 unspecified atom stereocenters. The minimum absolute atomic E-state index is 0.0265. The number of carbonyl (C=O) groups excluding carboxylic acids is 3. The second-order valence-electron chi connectivity index (χ2n) is 11.6. The third kappa shape index (κ3) is 8.31. The van der Waals surface area contributed by atoms with Crippen LogP contribution in [0.25, 0.3) is 11.2 Å². The van der Waals surface area contributed by atoms with Gasteiger partial charge in [-0.2, -0.15) is 0 Å². The number of likely N-dealkylation sites (N-methyl/N-ethyl adjacent to an activating group) is 1. The fourth-order valence-corrected chi connectivity index (χ4v) is 5.46. The van der Waals surface area contributed by atoms with Crippen LogP contribution in [0.5, 0.6) is 0 Å². The summed E-state index contributed by atoms with van der Waals surface area (Å²) in [4.78, 5) is 66.4. The molecule has 1 aromatic carbocycles. The number of allylic oxidation sites excluding steroid dienone is 1. The molecule has 48 heavy (non-hydrogen) atoms. The largest absolute Gasteiger partial charge is 0.453 e. The number of nitrogens with one attached hydrogen (secondary N) is 2. The van der Waals surface area contributed by atoms with Crippen molar-refractivity contribution < 1.29 is 23.9 Å². The summed E-state index contributed by atoms with van der Waals surface area (Å²) in [5.41, 5.74) is 2.69. The molecule has 0 saturated carbocycles. The van der Waals surface area contributed by atoms with E-state index in [0.29, 0.717) is 36.4 Å². The number of anilines is 1. The van der Waals surface area contributed by atoms with Gasteiger partial charge < -0.3 is 29.6 Å². The average molecular weight is 657 g/mol. The number of aromatic nitrogens is 5. The summed E-state index contributed by atoms with van der Waals surface area (Å²) >= 11 is 0. The number of hydrogen-bond donors (Lipinski definition) is 2. The van der Waals surface area contributed by atoms with E-state index in [1.807, 2.05) is 34.9 Å². The minimum Gasteiger partial charge on any atom is -0.453 e. The molecule has 5 rings (SSSR count). The number of alkyl carbamates (subject to hydrolysis) is 1. The number of fused-ring (bicyclic) bond motifs is 1. The number of amides is 3. The first-order valence-electron chi connectivity index (χ1n) is 15.8. The van der Waals surface area contributed by atoms with E-state index in [1.54, 1.807) is 32.4 Å². The molecule has 2 N–H and O–H groups in total. The lowest BCUT2D eigenvalue weighted by atomic mass is 10.1. The minimum atomic E-state index is -1.03. The zero-order chi connectivity index (χ0) is 34.0. The van der Waals surface area contributed by atoms with E-state index in [0.717, 1.165) is 30.5 Å². The molecule has 3 amide bonds. The Morgan fingerprint density at radius 3 is 2.67 bits per heavy atom. The van der Waals surface area contributed by atoms with Crippen LogP contribution in [-0.2, 0) is 32.0 Å². The normalized spacial score (nSPS) is 15.3. The van der Waals surface area contributed by atoms with E-state index < -0.39 is 23.6 Å². The lowest BCUT2D eigenvalue weighted by Gasteiger charge is -2.25. The van der Waals surface area contributed by atoms with Crippen molar-refractivity contribution in [3.05, 3.63) is 94.6 Å². The first-order chi connectivity index (χ1) is 23.2. The van der Waals surface area contributed by atoms with Gasteiger partial charge in [-0.25, -0.2) is 19.7 Å². The van der Waals surface area contributed by atoms with E-state index in [-0.39, 0.29) is 30.8 Å². The van der Waals surface area contributed by atoms with Crippen LogP contribution in [0.2, 0.25) is 0 Å². The molecular formula is C34H40N8O6. The Balaban J connectivity index is 1.41. The molecular weight excluding hydrogens is 616 g/mol. The fourth-order valence-electron chi connectivity index (χ4n) is 5.46. The molecule has 4 heterocycles. The van der Waals surface area contributed by atoms with Crippen LogP contribution < -0.4 is 16.2 Å². The number of nitrogens with zero attached hydrogens (tertiary/aromatic N) is 6. The van der Waals surface area contributed by atoms with Crippen LogP contribution in [-0.4, -0.2) is 80.7 Å². The predicted molar refractivity (Wildman–Crippen MR) is 178 cm³/mol. The number of methoxy groups -OCH3 is 1. The molecule has 14 heteroatoms. The van der Waals surface area contributed by atoms with Crippen molar-refractivity contribution in [3.63, 3.8) is 0 Å². The van der Waals surface area contributed by atoms with E-state index in [2.05, 4.69) is 20.6 Å². The topological polar surface area (TPSA) is 163 Å². The van der Waals surface area contributed by atoms with Crippen molar-refractivity contribution in [2.45, 2.75) is 57.3 Å². The van der Waals surface area contributed by atoms with Gasteiger partial charge in [0.1, 0.15) is 35.6 Å². The van der Waals surface area contributed by atoms with Gasteiger partial charge in [0.25, 0.3) is 5.56 Å². The average Bonchev–Trinajstić information content (AvgIpc) is 3.47. The number of hydrogen-bond acceptors (Lipinski definition) is 9. The summed E-state index contributed by atoms with van der Waals surface area (Å²) in [5.74, 6) is -0.238. The molecule has 14 nitrogen and oxygen atoms in total. The summed E-state index contributed by atoms with van der Waals surface area (Å²) in [6.07, 6.45) is 8.82. The zero-order valence-electron chi connectivity index (χ0n) is 27.3. The number of imidazole rings is 1. The molecule has 3 aromatic heterocycles. The Labute approximate surface area is 277 Å². The Kier molecular flexibility index (Phi) is 11.3. The van der Waals surface area contributed by atoms with Gasteiger partial charge in [-0.1, -0.05) is 36.4 Å². The number of pyridine rings is 1. The van der Waals surface area contributed by atoms with Crippen molar-refractivity contribution in [2.75, 3.05) is 33.1 Å². The maximum atomic E-state index is 13.7. The highest BCUT2D eigenvalue weighted by atomic mass is 16.5. The monoisotopic (exact) mass is 656 g/mol. The fraction of sp³-hybridized carbons (Fsp3) is 0.382.